The number of benzene rings is 4. The van der Waals surface area contributed by atoms with Gasteiger partial charge in [0, 0.05) is 16.5 Å². The Morgan fingerprint density at radius 1 is 0.593 bits per heavy atom. The lowest BCUT2D eigenvalue weighted by Gasteiger charge is -2.10. The van der Waals surface area contributed by atoms with Crippen molar-refractivity contribution < 1.29 is 0 Å². The second-order valence-electron chi connectivity index (χ2n) is 6.57. The van der Waals surface area contributed by atoms with E-state index in [9.17, 15) is 5.26 Å². The summed E-state index contributed by atoms with van der Waals surface area (Å²) in [5.41, 5.74) is 6.23. The predicted molar refractivity (Wildman–Crippen MR) is 111 cm³/mol. The van der Waals surface area contributed by atoms with Crippen LogP contribution in [-0.2, 0) is 0 Å². The molecule has 0 saturated carbocycles. The number of hydrogen-bond acceptors (Lipinski definition) is 1. The minimum Gasteiger partial charge on any atom is -0.309 e. The first-order valence-corrected chi connectivity index (χ1v) is 8.95. The summed E-state index contributed by atoms with van der Waals surface area (Å²) >= 11 is 0. The SMILES string of the molecule is N#Cc1ccccc1-c1ccc(-n2c3ccccc3c3ccccc32)cc1. The molecule has 0 aliphatic heterocycles. The van der Waals surface area contributed by atoms with Gasteiger partial charge in [0.25, 0.3) is 0 Å². The van der Waals surface area contributed by atoms with Crippen LogP contribution in [0.5, 0.6) is 0 Å². The van der Waals surface area contributed by atoms with Gasteiger partial charge in [-0.25, -0.2) is 0 Å². The predicted octanol–water partition coefficient (Wildman–Crippen LogP) is 6.32. The molecule has 4 aromatic carbocycles. The Morgan fingerprint density at radius 3 is 1.78 bits per heavy atom. The van der Waals surface area contributed by atoms with E-state index in [1.807, 2.05) is 24.3 Å². The molecule has 0 saturated heterocycles. The molecule has 5 rings (SSSR count). The molecule has 27 heavy (non-hydrogen) atoms. The number of para-hydroxylation sites is 2. The maximum atomic E-state index is 9.37. The molecule has 5 aromatic rings. The number of rotatable bonds is 2. The highest BCUT2D eigenvalue weighted by molar-refractivity contribution is 6.09. The molecule has 2 heteroatoms. The molecule has 126 valence electrons. The Morgan fingerprint density at radius 2 is 1.15 bits per heavy atom. The van der Waals surface area contributed by atoms with Crippen LogP contribution >= 0.6 is 0 Å². The fourth-order valence-electron chi connectivity index (χ4n) is 3.82. The van der Waals surface area contributed by atoms with E-state index in [0.29, 0.717) is 5.56 Å². The maximum absolute atomic E-state index is 9.37. The van der Waals surface area contributed by atoms with Gasteiger partial charge < -0.3 is 4.57 Å². The van der Waals surface area contributed by atoms with Gasteiger partial charge in [-0.3, -0.25) is 0 Å². The van der Waals surface area contributed by atoms with Gasteiger partial charge >= 0.3 is 0 Å². The van der Waals surface area contributed by atoms with Crippen LogP contribution in [0.2, 0.25) is 0 Å². The van der Waals surface area contributed by atoms with E-state index in [1.54, 1.807) is 0 Å². The van der Waals surface area contributed by atoms with Gasteiger partial charge in [-0.1, -0.05) is 66.7 Å². The lowest BCUT2D eigenvalue weighted by molar-refractivity contribution is 1.18. The molecule has 0 aliphatic carbocycles. The summed E-state index contributed by atoms with van der Waals surface area (Å²) in [6.07, 6.45) is 0. The first-order valence-electron chi connectivity index (χ1n) is 8.95. The number of hydrogen-bond donors (Lipinski definition) is 0. The van der Waals surface area contributed by atoms with Gasteiger partial charge in [0.1, 0.15) is 0 Å². The Kier molecular flexibility index (Phi) is 3.52. The van der Waals surface area contributed by atoms with E-state index in [4.69, 9.17) is 0 Å². The van der Waals surface area contributed by atoms with Gasteiger partial charge in [-0.15, -0.1) is 0 Å². The average molecular weight is 344 g/mol. The van der Waals surface area contributed by atoms with Gasteiger partial charge in [0.15, 0.2) is 0 Å². The minimum atomic E-state index is 0.696. The normalized spacial score (nSPS) is 10.9. The van der Waals surface area contributed by atoms with Crippen molar-refractivity contribution in [1.82, 2.24) is 4.57 Å². The van der Waals surface area contributed by atoms with Gasteiger partial charge in [-0.2, -0.15) is 5.26 Å². The Labute approximate surface area is 157 Å². The molecule has 0 spiro atoms. The summed E-state index contributed by atoms with van der Waals surface area (Å²) in [6, 6.07) is 35.4. The summed E-state index contributed by atoms with van der Waals surface area (Å²) < 4.78 is 2.30. The van der Waals surface area contributed by atoms with Crippen LogP contribution < -0.4 is 0 Å². The number of aromatic nitrogens is 1. The first kappa shape index (κ1) is 15.4. The van der Waals surface area contributed by atoms with E-state index in [1.165, 1.54) is 21.8 Å². The lowest BCUT2D eigenvalue weighted by Crippen LogP contribution is -1.93. The third-order valence-corrected chi connectivity index (χ3v) is 5.06. The van der Waals surface area contributed by atoms with Crippen LogP contribution in [0.3, 0.4) is 0 Å². The van der Waals surface area contributed by atoms with E-state index in [2.05, 4.69) is 83.4 Å². The average Bonchev–Trinajstić information content (AvgIpc) is 3.08. The Balaban J connectivity index is 1.71. The van der Waals surface area contributed by atoms with Crippen LogP contribution in [0, 0.1) is 11.3 Å². The molecule has 1 heterocycles. The molecule has 0 amide bonds. The molecule has 0 unspecified atom stereocenters. The van der Waals surface area contributed by atoms with Crippen LogP contribution in [0.4, 0.5) is 0 Å². The highest BCUT2D eigenvalue weighted by Gasteiger charge is 2.11. The number of nitriles is 1. The minimum absolute atomic E-state index is 0.696. The molecule has 0 fully saturated rings. The van der Waals surface area contributed by atoms with Crippen molar-refractivity contribution in [1.29, 1.82) is 5.26 Å². The molecule has 2 nitrogen and oxygen atoms in total. The number of nitrogens with zero attached hydrogens (tertiary/aromatic N) is 2. The maximum Gasteiger partial charge on any atom is 0.0998 e. The fraction of sp³-hybridized carbons (Fsp3) is 0. The zero-order valence-corrected chi connectivity index (χ0v) is 14.6. The summed E-state index contributed by atoms with van der Waals surface area (Å²) in [5.74, 6) is 0. The van der Waals surface area contributed by atoms with Crippen molar-refractivity contribution in [2.75, 3.05) is 0 Å². The van der Waals surface area contributed by atoms with Crippen LogP contribution in [-0.4, -0.2) is 4.57 Å². The smallest absolute Gasteiger partial charge is 0.0998 e. The van der Waals surface area contributed by atoms with E-state index in [0.717, 1.165) is 16.8 Å². The van der Waals surface area contributed by atoms with Crippen molar-refractivity contribution in [3.8, 4) is 22.9 Å². The molecule has 0 bridgehead atoms. The third kappa shape index (κ3) is 2.41. The van der Waals surface area contributed by atoms with Crippen molar-refractivity contribution >= 4 is 21.8 Å². The number of fused-ring (bicyclic) bond motifs is 3. The molecular weight excluding hydrogens is 328 g/mol. The van der Waals surface area contributed by atoms with Gasteiger partial charge in [0.2, 0.25) is 0 Å². The van der Waals surface area contributed by atoms with E-state index >= 15 is 0 Å². The Bertz CT molecular complexity index is 1270. The van der Waals surface area contributed by atoms with Crippen molar-refractivity contribution in [3.05, 3.63) is 103 Å². The van der Waals surface area contributed by atoms with Crippen molar-refractivity contribution in [2.45, 2.75) is 0 Å². The van der Waals surface area contributed by atoms with Crippen molar-refractivity contribution in [3.63, 3.8) is 0 Å². The van der Waals surface area contributed by atoms with E-state index < -0.39 is 0 Å². The van der Waals surface area contributed by atoms with Crippen LogP contribution in [0.1, 0.15) is 5.56 Å². The lowest BCUT2D eigenvalue weighted by atomic mass is 10.0. The van der Waals surface area contributed by atoms with E-state index in [-0.39, 0.29) is 0 Å². The highest BCUT2D eigenvalue weighted by Crippen LogP contribution is 2.32. The summed E-state index contributed by atoms with van der Waals surface area (Å²) in [6.45, 7) is 0. The molecule has 0 N–H and O–H groups in total. The molecule has 0 aliphatic rings. The fourth-order valence-corrected chi connectivity index (χ4v) is 3.82. The standard InChI is InChI=1S/C25H16N2/c26-17-19-7-1-2-8-21(19)18-13-15-20(16-14-18)27-24-11-5-3-9-22(24)23-10-4-6-12-25(23)27/h1-16H. The van der Waals surface area contributed by atoms with Gasteiger partial charge in [-0.05, 0) is 41.5 Å². The zero-order valence-electron chi connectivity index (χ0n) is 14.6. The van der Waals surface area contributed by atoms with Crippen molar-refractivity contribution in [2.24, 2.45) is 0 Å². The largest absolute Gasteiger partial charge is 0.309 e. The topological polar surface area (TPSA) is 28.7 Å². The molecule has 0 radical (unpaired) electrons. The molecule has 0 atom stereocenters. The van der Waals surface area contributed by atoms with Crippen LogP contribution in [0.25, 0.3) is 38.6 Å². The monoisotopic (exact) mass is 344 g/mol. The highest BCUT2D eigenvalue weighted by atomic mass is 15.0. The molecule has 1 aromatic heterocycles. The van der Waals surface area contributed by atoms with Crippen LogP contribution in [0.15, 0.2) is 97.1 Å². The summed E-state index contributed by atoms with van der Waals surface area (Å²) in [7, 11) is 0. The second-order valence-corrected chi connectivity index (χ2v) is 6.57. The quantitative estimate of drug-likeness (QED) is 0.368. The zero-order chi connectivity index (χ0) is 18.2. The Hall–Kier alpha value is -3.83. The molecular formula is C25H16N2. The second kappa shape index (κ2) is 6.16. The third-order valence-electron chi connectivity index (χ3n) is 5.06. The first-order chi connectivity index (χ1) is 13.4. The summed E-state index contributed by atoms with van der Waals surface area (Å²) in [4.78, 5) is 0. The van der Waals surface area contributed by atoms with Gasteiger partial charge in [0.05, 0.1) is 22.7 Å². The summed E-state index contributed by atoms with van der Waals surface area (Å²) in [5, 5.41) is 11.9.